The van der Waals surface area contributed by atoms with Crippen LogP contribution in [0.3, 0.4) is 0 Å². The van der Waals surface area contributed by atoms with E-state index in [1.54, 1.807) is 7.11 Å². The Balaban J connectivity index is 1.52. The molecule has 1 aliphatic heterocycles. The third-order valence-electron chi connectivity index (χ3n) is 7.45. The molecule has 2 N–H and O–H groups in total. The van der Waals surface area contributed by atoms with Gasteiger partial charge in [-0.05, 0) is 49.8 Å². The second kappa shape index (κ2) is 9.05. The van der Waals surface area contributed by atoms with Crippen LogP contribution in [0.15, 0.2) is 24.3 Å². The van der Waals surface area contributed by atoms with Crippen LogP contribution >= 0.6 is 0 Å². The van der Waals surface area contributed by atoms with Crippen molar-refractivity contribution in [2.24, 2.45) is 5.92 Å². The van der Waals surface area contributed by atoms with E-state index in [-0.39, 0.29) is 17.9 Å². The van der Waals surface area contributed by atoms with Crippen LogP contribution in [0.2, 0.25) is 0 Å². The number of aliphatic hydroxyl groups is 1. The largest absolute Gasteiger partial charge is 0.497 e. The number of amides is 1. The van der Waals surface area contributed by atoms with Crippen molar-refractivity contribution in [1.82, 2.24) is 10.2 Å². The number of carbonyl (C=O) groups excluding carboxylic acids is 1. The van der Waals surface area contributed by atoms with Crippen LogP contribution < -0.4 is 10.1 Å². The molecule has 2 saturated carbocycles. The maximum atomic E-state index is 12.9. The summed E-state index contributed by atoms with van der Waals surface area (Å²) in [5.74, 6) is 1.16. The highest BCUT2D eigenvalue weighted by molar-refractivity contribution is 5.78. The summed E-state index contributed by atoms with van der Waals surface area (Å²) in [5.41, 5.74) is 0.584. The van der Waals surface area contributed by atoms with Crippen LogP contribution in [0.25, 0.3) is 0 Å². The Kier molecular flexibility index (Phi) is 6.45. The molecule has 1 amide bonds. The average molecular weight is 401 g/mol. The van der Waals surface area contributed by atoms with Crippen molar-refractivity contribution in [2.75, 3.05) is 20.2 Å². The van der Waals surface area contributed by atoms with E-state index < -0.39 is 5.60 Å². The molecule has 5 nitrogen and oxygen atoms in total. The van der Waals surface area contributed by atoms with E-state index in [4.69, 9.17) is 4.74 Å². The number of fused-ring (bicyclic) bond motifs is 1. The summed E-state index contributed by atoms with van der Waals surface area (Å²) in [6.07, 6.45) is 10.9. The molecule has 3 aliphatic rings. The highest BCUT2D eigenvalue weighted by Crippen LogP contribution is 2.49. The number of piperidine rings is 1. The number of benzene rings is 1. The van der Waals surface area contributed by atoms with Crippen LogP contribution in [0, 0.1) is 5.92 Å². The number of methoxy groups -OCH3 is 1. The van der Waals surface area contributed by atoms with Gasteiger partial charge >= 0.3 is 0 Å². The summed E-state index contributed by atoms with van der Waals surface area (Å²) >= 11 is 0. The van der Waals surface area contributed by atoms with E-state index in [0.717, 1.165) is 57.2 Å². The molecule has 2 aliphatic carbocycles. The minimum Gasteiger partial charge on any atom is -0.497 e. The second-order valence-electron chi connectivity index (χ2n) is 9.30. The molecule has 3 atom stereocenters. The summed E-state index contributed by atoms with van der Waals surface area (Å²) in [6.45, 7) is 1.18. The van der Waals surface area contributed by atoms with Gasteiger partial charge in [0.2, 0.25) is 5.91 Å². The van der Waals surface area contributed by atoms with Crippen LogP contribution in [0.1, 0.15) is 75.8 Å². The van der Waals surface area contributed by atoms with Crippen LogP contribution in [-0.2, 0) is 4.79 Å². The molecule has 0 radical (unpaired) electrons. The lowest BCUT2D eigenvalue weighted by molar-refractivity contribution is -0.138. The standard InChI is InChI=1S/C24H36N2O3/c1-29-20-12-10-18(11-13-20)23-21-9-5-6-14-24(21,28)15-16-26(23)17-22(27)25-19-7-3-2-4-8-19/h10-13,19,21,23,28H,2-9,14-17H2,1H3,(H,25,27). The third kappa shape index (κ3) is 4.61. The van der Waals surface area contributed by atoms with Crippen molar-refractivity contribution >= 4 is 5.91 Å². The lowest BCUT2D eigenvalue weighted by Gasteiger charge is -2.52. The van der Waals surface area contributed by atoms with Gasteiger partial charge in [0.1, 0.15) is 5.75 Å². The monoisotopic (exact) mass is 400 g/mol. The molecule has 160 valence electrons. The fraction of sp³-hybridized carbons (Fsp3) is 0.708. The molecule has 1 aromatic carbocycles. The maximum absolute atomic E-state index is 12.9. The Labute approximate surface area is 174 Å². The SMILES string of the molecule is COc1ccc(C2C3CCCCC3(O)CCN2CC(=O)NC2CCCCC2)cc1. The summed E-state index contributed by atoms with van der Waals surface area (Å²) in [4.78, 5) is 15.2. The van der Waals surface area contributed by atoms with Gasteiger partial charge in [-0.1, -0.05) is 44.2 Å². The molecule has 0 aromatic heterocycles. The predicted molar refractivity (Wildman–Crippen MR) is 114 cm³/mol. The number of rotatable bonds is 5. The molecule has 0 spiro atoms. The van der Waals surface area contributed by atoms with Crippen molar-refractivity contribution in [3.05, 3.63) is 29.8 Å². The summed E-state index contributed by atoms with van der Waals surface area (Å²) in [6, 6.07) is 8.62. The first-order chi connectivity index (χ1) is 14.1. The number of hydrogen-bond acceptors (Lipinski definition) is 4. The number of carbonyl (C=O) groups is 1. The summed E-state index contributed by atoms with van der Waals surface area (Å²) in [5, 5.41) is 14.7. The van der Waals surface area contributed by atoms with Crippen molar-refractivity contribution < 1.29 is 14.6 Å². The minimum absolute atomic E-state index is 0.0806. The first kappa shape index (κ1) is 20.7. The lowest BCUT2D eigenvalue weighted by atomic mass is 9.66. The molecule has 0 bridgehead atoms. The Morgan fingerprint density at radius 2 is 1.83 bits per heavy atom. The van der Waals surface area contributed by atoms with Gasteiger partial charge in [-0.15, -0.1) is 0 Å². The van der Waals surface area contributed by atoms with Crippen LogP contribution in [0.4, 0.5) is 0 Å². The molecule has 3 fully saturated rings. The zero-order valence-electron chi connectivity index (χ0n) is 17.7. The molecule has 29 heavy (non-hydrogen) atoms. The van der Waals surface area contributed by atoms with Crippen molar-refractivity contribution in [2.45, 2.75) is 81.9 Å². The molecular formula is C24H36N2O3. The van der Waals surface area contributed by atoms with E-state index in [1.807, 2.05) is 12.1 Å². The fourth-order valence-electron chi connectivity index (χ4n) is 5.87. The summed E-state index contributed by atoms with van der Waals surface area (Å²) in [7, 11) is 1.68. The van der Waals surface area contributed by atoms with Crippen LogP contribution in [-0.4, -0.2) is 47.8 Å². The third-order valence-corrected chi connectivity index (χ3v) is 7.45. The van der Waals surface area contributed by atoms with Gasteiger partial charge in [-0.3, -0.25) is 9.69 Å². The average Bonchev–Trinajstić information content (AvgIpc) is 2.74. The maximum Gasteiger partial charge on any atom is 0.234 e. The van der Waals surface area contributed by atoms with Gasteiger partial charge in [0.15, 0.2) is 0 Å². The normalized spacial score (nSPS) is 31.1. The van der Waals surface area contributed by atoms with Crippen molar-refractivity contribution in [1.29, 1.82) is 0 Å². The topological polar surface area (TPSA) is 61.8 Å². The van der Waals surface area contributed by atoms with Gasteiger partial charge in [-0.25, -0.2) is 0 Å². The number of ether oxygens (including phenoxy) is 1. The van der Waals surface area contributed by atoms with Gasteiger partial charge < -0.3 is 15.2 Å². The Morgan fingerprint density at radius 1 is 1.10 bits per heavy atom. The van der Waals surface area contributed by atoms with Crippen molar-refractivity contribution in [3.8, 4) is 5.75 Å². The molecule has 1 aromatic rings. The molecule has 1 saturated heterocycles. The number of nitrogens with zero attached hydrogens (tertiary/aromatic N) is 1. The van der Waals surface area contributed by atoms with Gasteiger partial charge in [0.25, 0.3) is 0 Å². The molecule has 4 rings (SSSR count). The number of nitrogens with one attached hydrogen (secondary N) is 1. The Bertz CT molecular complexity index is 686. The van der Waals surface area contributed by atoms with Gasteiger partial charge in [-0.2, -0.15) is 0 Å². The molecular weight excluding hydrogens is 364 g/mol. The number of likely N-dealkylation sites (tertiary alicyclic amines) is 1. The van der Waals surface area contributed by atoms with Gasteiger partial charge in [0, 0.05) is 24.5 Å². The second-order valence-corrected chi connectivity index (χ2v) is 9.30. The lowest BCUT2D eigenvalue weighted by Crippen LogP contribution is -2.56. The van der Waals surface area contributed by atoms with Crippen LogP contribution in [0.5, 0.6) is 5.75 Å². The highest BCUT2D eigenvalue weighted by Gasteiger charge is 2.49. The fourth-order valence-corrected chi connectivity index (χ4v) is 5.87. The van der Waals surface area contributed by atoms with E-state index >= 15 is 0 Å². The zero-order chi connectivity index (χ0) is 20.3. The molecule has 1 heterocycles. The first-order valence-corrected chi connectivity index (χ1v) is 11.5. The Morgan fingerprint density at radius 3 is 2.55 bits per heavy atom. The minimum atomic E-state index is -0.598. The zero-order valence-corrected chi connectivity index (χ0v) is 17.7. The smallest absolute Gasteiger partial charge is 0.234 e. The summed E-state index contributed by atoms with van der Waals surface area (Å²) < 4.78 is 5.33. The van der Waals surface area contributed by atoms with Crippen molar-refractivity contribution in [3.63, 3.8) is 0 Å². The predicted octanol–water partition coefficient (Wildman–Crippen LogP) is 3.81. The van der Waals surface area contributed by atoms with E-state index in [2.05, 4.69) is 22.3 Å². The quantitative estimate of drug-likeness (QED) is 0.789. The molecule has 5 heteroatoms. The molecule has 3 unspecified atom stereocenters. The van der Waals surface area contributed by atoms with Gasteiger partial charge in [0.05, 0.1) is 19.3 Å². The highest BCUT2D eigenvalue weighted by atomic mass is 16.5. The first-order valence-electron chi connectivity index (χ1n) is 11.5. The van der Waals surface area contributed by atoms with E-state index in [9.17, 15) is 9.90 Å². The number of hydrogen-bond donors (Lipinski definition) is 2. The van der Waals surface area contributed by atoms with E-state index in [0.29, 0.717) is 12.6 Å². The van der Waals surface area contributed by atoms with E-state index in [1.165, 1.54) is 24.8 Å². The Hall–Kier alpha value is -1.59.